The second-order valence-electron chi connectivity index (χ2n) is 7.98. The topological polar surface area (TPSA) is 65.2 Å². The predicted molar refractivity (Wildman–Crippen MR) is 122 cm³/mol. The Morgan fingerprint density at radius 3 is 2.72 bits per heavy atom. The molecule has 3 heterocycles. The van der Waals surface area contributed by atoms with E-state index in [-0.39, 0.29) is 17.9 Å². The quantitative estimate of drug-likeness (QED) is 0.497. The first kappa shape index (κ1) is 20.7. The molecule has 0 unspecified atom stereocenters. The van der Waals surface area contributed by atoms with Crippen molar-refractivity contribution < 1.29 is 9.59 Å². The molecule has 0 aliphatic carbocycles. The van der Waals surface area contributed by atoms with Crippen LogP contribution in [-0.2, 0) is 4.79 Å². The number of aromatic nitrogens is 1. The minimum Gasteiger partial charge on any atom is -0.353 e. The monoisotopic (exact) mass is 431 g/mol. The molecule has 1 aromatic carbocycles. The number of carbonyl (C=O) groups is 2. The fraction of sp³-hybridized carbons (Fsp3) is 0.545. The lowest BCUT2D eigenvalue weighted by Gasteiger charge is -2.32. The Labute approximate surface area is 180 Å². The Kier molecular flexibility index (Phi) is 7.08. The zero-order valence-electron chi connectivity index (χ0n) is 16.7. The molecule has 1 atom stereocenters. The van der Waals surface area contributed by atoms with E-state index in [0.29, 0.717) is 25.2 Å². The summed E-state index contributed by atoms with van der Waals surface area (Å²) in [4.78, 5) is 30.1. The molecular weight excluding hydrogens is 402 g/mol. The summed E-state index contributed by atoms with van der Waals surface area (Å²) < 4.78 is 0. The van der Waals surface area contributed by atoms with E-state index in [0.717, 1.165) is 41.8 Å². The second-order valence-corrected chi connectivity index (χ2v) is 10.8. The molecule has 2 aliphatic heterocycles. The van der Waals surface area contributed by atoms with E-state index in [1.807, 2.05) is 56.8 Å². The highest BCUT2D eigenvalue weighted by atomic mass is 33.1. The lowest BCUT2D eigenvalue weighted by atomic mass is 10.0. The summed E-state index contributed by atoms with van der Waals surface area (Å²) in [5.41, 5.74) is 1.63. The third-order valence-corrected chi connectivity index (χ3v) is 8.82. The minimum absolute atomic E-state index is 0.0499. The number of nitrogens with one attached hydrogen (secondary N) is 2. The van der Waals surface area contributed by atoms with Gasteiger partial charge in [-0.1, -0.05) is 46.2 Å². The number of fused-ring (bicyclic) bond motifs is 1. The van der Waals surface area contributed by atoms with Crippen LogP contribution in [0.2, 0.25) is 0 Å². The van der Waals surface area contributed by atoms with E-state index in [2.05, 4.69) is 10.3 Å². The predicted octanol–water partition coefficient (Wildman–Crippen LogP) is 4.60. The Morgan fingerprint density at radius 1 is 1.14 bits per heavy atom. The summed E-state index contributed by atoms with van der Waals surface area (Å²) >= 11 is 0. The van der Waals surface area contributed by atoms with Gasteiger partial charge in [0.25, 0.3) is 5.91 Å². The summed E-state index contributed by atoms with van der Waals surface area (Å²) in [6, 6.07) is 10.1. The number of H-pyrrole nitrogens is 1. The average Bonchev–Trinajstić information content (AvgIpc) is 3.41. The molecule has 0 spiro atoms. The van der Waals surface area contributed by atoms with Crippen LogP contribution in [0.4, 0.5) is 0 Å². The van der Waals surface area contributed by atoms with E-state index < -0.39 is 0 Å². The van der Waals surface area contributed by atoms with Gasteiger partial charge in [-0.25, -0.2) is 0 Å². The fourth-order valence-corrected chi connectivity index (χ4v) is 7.14. The number of para-hydroxylation sites is 1. The Morgan fingerprint density at radius 2 is 1.97 bits per heavy atom. The molecule has 2 aliphatic rings. The molecule has 2 fully saturated rings. The highest BCUT2D eigenvalue weighted by Gasteiger charge is 2.25. The highest BCUT2D eigenvalue weighted by Crippen LogP contribution is 2.39. The first-order valence-electron chi connectivity index (χ1n) is 10.6. The Bertz CT molecular complexity index is 806. The van der Waals surface area contributed by atoms with Crippen LogP contribution in [-0.4, -0.2) is 51.8 Å². The molecule has 0 saturated carbocycles. The van der Waals surface area contributed by atoms with Crippen LogP contribution >= 0.6 is 21.6 Å². The van der Waals surface area contributed by atoms with Crippen molar-refractivity contribution in [1.82, 2.24) is 15.2 Å². The van der Waals surface area contributed by atoms with Crippen molar-refractivity contribution in [3.8, 4) is 0 Å². The van der Waals surface area contributed by atoms with Crippen LogP contribution in [0.25, 0.3) is 10.9 Å². The van der Waals surface area contributed by atoms with Crippen molar-refractivity contribution in [1.29, 1.82) is 0 Å². The van der Waals surface area contributed by atoms with Crippen LogP contribution in [0.1, 0.15) is 55.4 Å². The average molecular weight is 432 g/mol. The largest absolute Gasteiger partial charge is 0.353 e. The van der Waals surface area contributed by atoms with E-state index in [1.54, 1.807) is 0 Å². The van der Waals surface area contributed by atoms with Crippen LogP contribution in [0.3, 0.4) is 0 Å². The lowest BCUT2D eigenvalue weighted by molar-refractivity contribution is -0.122. The van der Waals surface area contributed by atoms with Gasteiger partial charge in [0, 0.05) is 47.5 Å². The van der Waals surface area contributed by atoms with E-state index in [4.69, 9.17) is 0 Å². The summed E-state index contributed by atoms with van der Waals surface area (Å²) in [5.74, 6) is 1.49. The molecule has 5 nitrogen and oxygen atoms in total. The highest BCUT2D eigenvalue weighted by molar-refractivity contribution is 8.77. The zero-order chi connectivity index (χ0) is 20.1. The summed E-state index contributed by atoms with van der Waals surface area (Å²) in [6.07, 6.45) is 6.95. The van der Waals surface area contributed by atoms with Crippen LogP contribution in [0, 0.1) is 0 Å². The van der Waals surface area contributed by atoms with Gasteiger partial charge in [-0.15, -0.1) is 0 Å². The molecule has 2 saturated heterocycles. The molecule has 4 rings (SSSR count). The second kappa shape index (κ2) is 9.94. The van der Waals surface area contributed by atoms with Gasteiger partial charge in [-0.05, 0) is 44.2 Å². The summed E-state index contributed by atoms with van der Waals surface area (Å²) in [7, 11) is 3.99. The normalized spacial score (nSPS) is 20.3. The van der Waals surface area contributed by atoms with Crippen LogP contribution in [0.5, 0.6) is 0 Å². The van der Waals surface area contributed by atoms with Gasteiger partial charge in [0.15, 0.2) is 0 Å². The van der Waals surface area contributed by atoms with Crippen LogP contribution < -0.4 is 5.32 Å². The number of hydrogen-bond donors (Lipinski definition) is 2. The number of carbonyl (C=O) groups excluding carboxylic acids is 2. The molecule has 0 radical (unpaired) electrons. The first-order chi connectivity index (χ1) is 14.2. The smallest absolute Gasteiger partial charge is 0.270 e. The number of benzene rings is 1. The molecule has 156 valence electrons. The number of unbranched alkanes of at least 4 members (excludes halogenated alkanes) is 1. The van der Waals surface area contributed by atoms with Gasteiger partial charge in [0.05, 0.1) is 0 Å². The van der Waals surface area contributed by atoms with Crippen molar-refractivity contribution in [2.24, 2.45) is 0 Å². The number of amides is 2. The maximum absolute atomic E-state index is 12.8. The third-order valence-electron chi connectivity index (χ3n) is 5.81. The van der Waals surface area contributed by atoms with Crippen molar-refractivity contribution in [2.75, 3.05) is 18.8 Å². The molecule has 2 amide bonds. The molecule has 2 aromatic rings. The summed E-state index contributed by atoms with van der Waals surface area (Å²) in [6.45, 7) is 1.38. The lowest BCUT2D eigenvalue weighted by Crippen LogP contribution is -2.46. The van der Waals surface area contributed by atoms with Crippen molar-refractivity contribution in [3.63, 3.8) is 0 Å². The minimum atomic E-state index is 0.0499. The SMILES string of the molecule is O=C(CCCC[C@@H]1CCSS1)NC1CCN(C(=O)c2cc3ccccc3[nH]2)CC1. The van der Waals surface area contributed by atoms with Gasteiger partial charge in [0.2, 0.25) is 5.91 Å². The number of hydrogen-bond acceptors (Lipinski definition) is 4. The van der Waals surface area contributed by atoms with Crippen LogP contribution in [0.15, 0.2) is 30.3 Å². The van der Waals surface area contributed by atoms with Crippen molar-refractivity contribution in [2.45, 2.75) is 56.2 Å². The Hall–Kier alpha value is -1.60. The molecule has 2 N–H and O–H groups in total. The van der Waals surface area contributed by atoms with Crippen molar-refractivity contribution >= 4 is 44.3 Å². The van der Waals surface area contributed by atoms with Crippen molar-refractivity contribution in [3.05, 3.63) is 36.0 Å². The Balaban J connectivity index is 1.17. The molecule has 29 heavy (non-hydrogen) atoms. The number of aromatic amines is 1. The fourth-order valence-electron chi connectivity index (χ4n) is 4.11. The van der Waals surface area contributed by atoms with Gasteiger partial charge in [0.1, 0.15) is 5.69 Å². The standard InChI is InChI=1S/C22H29N3O2S2/c26-21(8-4-2-6-18-11-14-28-29-18)23-17-9-12-25(13-10-17)22(27)20-15-16-5-1-3-7-19(16)24-20/h1,3,5,7,15,17-18,24H,2,4,6,8-14H2,(H,23,26)/t18-/m1/s1. The molecule has 0 bridgehead atoms. The van der Waals surface area contributed by atoms with Gasteiger partial charge < -0.3 is 15.2 Å². The van der Waals surface area contributed by atoms with Gasteiger partial charge in [-0.3, -0.25) is 9.59 Å². The number of likely N-dealkylation sites (tertiary alicyclic amines) is 1. The number of nitrogens with zero attached hydrogens (tertiary/aromatic N) is 1. The van der Waals surface area contributed by atoms with E-state index in [1.165, 1.54) is 18.6 Å². The maximum atomic E-state index is 12.8. The third kappa shape index (κ3) is 5.51. The molecule has 1 aromatic heterocycles. The molecule has 7 heteroatoms. The molecular formula is C22H29N3O2S2. The van der Waals surface area contributed by atoms with Gasteiger partial charge >= 0.3 is 0 Å². The summed E-state index contributed by atoms with van der Waals surface area (Å²) in [5, 5.41) is 5.03. The zero-order valence-corrected chi connectivity index (χ0v) is 18.3. The first-order valence-corrected chi connectivity index (χ1v) is 13.0. The van der Waals surface area contributed by atoms with E-state index in [9.17, 15) is 9.59 Å². The number of rotatable bonds is 7. The van der Waals surface area contributed by atoms with E-state index >= 15 is 0 Å². The number of piperidine rings is 1. The van der Waals surface area contributed by atoms with Gasteiger partial charge in [-0.2, -0.15) is 0 Å². The maximum Gasteiger partial charge on any atom is 0.270 e.